The predicted molar refractivity (Wildman–Crippen MR) is 105 cm³/mol. The normalized spacial score (nSPS) is 12.4. The first-order chi connectivity index (χ1) is 12.9. The largest absolute Gasteiger partial charge is 0.452 e. The van der Waals surface area contributed by atoms with E-state index in [0.717, 1.165) is 12.0 Å². The summed E-state index contributed by atoms with van der Waals surface area (Å²) in [7, 11) is 0. The summed E-state index contributed by atoms with van der Waals surface area (Å²) < 4.78 is 18.4. The Balaban J connectivity index is 2.21. The maximum absolute atomic E-state index is 13.2. The molecule has 1 N–H and O–H groups in total. The highest BCUT2D eigenvalue weighted by Gasteiger charge is 2.16. The third kappa shape index (κ3) is 6.53. The molecule has 2 rings (SSSR count). The molecule has 0 saturated carbocycles. The van der Waals surface area contributed by atoms with Crippen LogP contribution in [0, 0.1) is 5.82 Å². The molecule has 27 heavy (non-hydrogen) atoms. The minimum absolute atomic E-state index is 0.00243. The van der Waals surface area contributed by atoms with Crippen LogP contribution >= 0.6 is 11.6 Å². The van der Waals surface area contributed by atoms with E-state index in [4.69, 9.17) is 16.3 Å². The molecule has 4 nitrogen and oxygen atoms in total. The fraction of sp³-hybridized carbons (Fsp3) is 0.238. The quantitative estimate of drug-likeness (QED) is 0.431. The van der Waals surface area contributed by atoms with Gasteiger partial charge in [-0.3, -0.25) is 4.79 Å². The second-order valence-electron chi connectivity index (χ2n) is 6.07. The molecular formula is C21H21ClFNO3. The molecule has 1 atom stereocenters. The molecule has 0 radical (unpaired) electrons. The van der Waals surface area contributed by atoms with Gasteiger partial charge in [-0.05, 0) is 54.8 Å². The van der Waals surface area contributed by atoms with Crippen LogP contribution in [-0.4, -0.2) is 24.5 Å². The van der Waals surface area contributed by atoms with Gasteiger partial charge in [0.05, 0.1) is 5.57 Å². The Hall–Kier alpha value is -2.66. The Morgan fingerprint density at radius 1 is 1.15 bits per heavy atom. The summed E-state index contributed by atoms with van der Waals surface area (Å²) in [6, 6.07) is 12.4. The number of amides is 1. The van der Waals surface area contributed by atoms with Gasteiger partial charge < -0.3 is 10.1 Å². The van der Waals surface area contributed by atoms with E-state index < -0.39 is 11.8 Å². The van der Waals surface area contributed by atoms with Crippen molar-refractivity contribution >= 4 is 35.1 Å². The molecule has 0 saturated heterocycles. The van der Waals surface area contributed by atoms with Crippen LogP contribution in [0.4, 0.5) is 4.39 Å². The molecule has 142 valence electrons. The van der Waals surface area contributed by atoms with Crippen LogP contribution in [0.2, 0.25) is 5.02 Å². The molecular weight excluding hydrogens is 369 g/mol. The van der Waals surface area contributed by atoms with Gasteiger partial charge in [-0.1, -0.05) is 42.8 Å². The van der Waals surface area contributed by atoms with Gasteiger partial charge in [-0.15, -0.1) is 0 Å². The molecule has 2 aromatic carbocycles. The lowest BCUT2D eigenvalue weighted by Gasteiger charge is -2.12. The van der Waals surface area contributed by atoms with Crippen LogP contribution in [0.15, 0.2) is 48.5 Å². The summed E-state index contributed by atoms with van der Waals surface area (Å²) in [5, 5.41) is 3.30. The van der Waals surface area contributed by atoms with E-state index in [0.29, 0.717) is 10.6 Å². The van der Waals surface area contributed by atoms with E-state index in [2.05, 4.69) is 5.32 Å². The molecule has 0 unspecified atom stereocenters. The molecule has 0 spiro atoms. The molecule has 0 heterocycles. The molecule has 1 amide bonds. The molecule has 0 aromatic heterocycles. The van der Waals surface area contributed by atoms with E-state index >= 15 is 0 Å². The number of rotatable bonds is 7. The Morgan fingerprint density at radius 3 is 2.37 bits per heavy atom. The Kier molecular flexibility index (Phi) is 7.55. The predicted octanol–water partition coefficient (Wildman–Crippen LogP) is 4.48. The summed E-state index contributed by atoms with van der Waals surface area (Å²) >= 11 is 5.88. The van der Waals surface area contributed by atoms with Gasteiger partial charge in [0.1, 0.15) is 5.82 Å². The maximum atomic E-state index is 13.2. The van der Waals surface area contributed by atoms with Gasteiger partial charge in [0.2, 0.25) is 0 Å². The highest BCUT2D eigenvalue weighted by molar-refractivity contribution is 6.30. The number of halogens is 2. The van der Waals surface area contributed by atoms with Crippen molar-refractivity contribution in [2.45, 2.75) is 26.3 Å². The monoisotopic (exact) mass is 389 g/mol. The van der Waals surface area contributed by atoms with Gasteiger partial charge in [0.25, 0.3) is 5.91 Å². The summed E-state index contributed by atoms with van der Waals surface area (Å²) in [5.74, 6) is -1.45. The molecule has 2 aromatic rings. The molecule has 0 aliphatic rings. The minimum Gasteiger partial charge on any atom is -0.452 e. The van der Waals surface area contributed by atoms with Crippen molar-refractivity contribution in [1.29, 1.82) is 0 Å². The summed E-state index contributed by atoms with van der Waals surface area (Å²) in [6.07, 6.45) is 2.38. The van der Waals surface area contributed by atoms with Gasteiger partial charge in [-0.2, -0.15) is 0 Å². The Labute approximate surface area is 163 Å². The van der Waals surface area contributed by atoms with Crippen LogP contribution in [0.1, 0.15) is 31.4 Å². The standard InChI is InChI=1S/C21H21ClFNO3/c1-3-14(2)24-20(25)13-27-21(26)19(16-6-10-18(23)11-7-16)12-15-4-8-17(22)9-5-15/h4-12,14H,3,13H2,1-2H3,(H,24,25)/b19-12+/t14-/m1/s1. The van der Waals surface area contributed by atoms with Crippen LogP contribution < -0.4 is 5.32 Å². The smallest absolute Gasteiger partial charge is 0.339 e. The number of benzene rings is 2. The topological polar surface area (TPSA) is 55.4 Å². The Morgan fingerprint density at radius 2 is 1.78 bits per heavy atom. The first kappa shape index (κ1) is 20.6. The number of carbonyl (C=O) groups excluding carboxylic acids is 2. The van der Waals surface area contributed by atoms with Crippen molar-refractivity contribution in [3.05, 3.63) is 70.5 Å². The number of hydrogen-bond donors (Lipinski definition) is 1. The van der Waals surface area contributed by atoms with E-state index in [1.54, 1.807) is 30.3 Å². The van der Waals surface area contributed by atoms with Crippen molar-refractivity contribution in [1.82, 2.24) is 5.32 Å². The summed E-state index contributed by atoms with van der Waals surface area (Å²) in [4.78, 5) is 24.4. The van der Waals surface area contributed by atoms with Crippen molar-refractivity contribution in [3.8, 4) is 0 Å². The minimum atomic E-state index is -0.671. The first-order valence-electron chi connectivity index (χ1n) is 8.58. The second-order valence-corrected chi connectivity index (χ2v) is 6.51. The zero-order chi connectivity index (χ0) is 19.8. The van der Waals surface area contributed by atoms with Crippen LogP contribution in [0.3, 0.4) is 0 Å². The van der Waals surface area contributed by atoms with Gasteiger partial charge >= 0.3 is 5.97 Å². The third-order valence-corrected chi connectivity index (χ3v) is 4.16. The summed E-state index contributed by atoms with van der Waals surface area (Å²) in [6.45, 7) is 3.42. The lowest BCUT2D eigenvalue weighted by Crippen LogP contribution is -2.35. The molecule has 0 fully saturated rings. The molecule has 6 heteroatoms. The average Bonchev–Trinajstić information content (AvgIpc) is 2.66. The number of esters is 1. The average molecular weight is 390 g/mol. The highest BCUT2D eigenvalue weighted by atomic mass is 35.5. The first-order valence-corrected chi connectivity index (χ1v) is 8.96. The zero-order valence-electron chi connectivity index (χ0n) is 15.2. The van der Waals surface area contributed by atoms with Crippen molar-refractivity contribution < 1.29 is 18.7 Å². The lowest BCUT2D eigenvalue weighted by molar-refractivity contribution is -0.143. The molecule has 0 aliphatic heterocycles. The zero-order valence-corrected chi connectivity index (χ0v) is 15.9. The van der Waals surface area contributed by atoms with Gasteiger partial charge in [0, 0.05) is 11.1 Å². The van der Waals surface area contributed by atoms with E-state index in [9.17, 15) is 14.0 Å². The second kappa shape index (κ2) is 9.88. The fourth-order valence-electron chi connectivity index (χ4n) is 2.24. The van der Waals surface area contributed by atoms with Crippen molar-refractivity contribution in [3.63, 3.8) is 0 Å². The van der Waals surface area contributed by atoms with Crippen LogP contribution in [0.25, 0.3) is 11.6 Å². The van der Waals surface area contributed by atoms with Gasteiger partial charge in [-0.25, -0.2) is 9.18 Å². The van der Waals surface area contributed by atoms with Crippen molar-refractivity contribution in [2.75, 3.05) is 6.61 Å². The molecule has 0 bridgehead atoms. The summed E-state index contributed by atoms with van der Waals surface area (Å²) in [5.41, 5.74) is 1.42. The third-order valence-electron chi connectivity index (χ3n) is 3.91. The van der Waals surface area contributed by atoms with Crippen molar-refractivity contribution in [2.24, 2.45) is 0 Å². The number of ether oxygens (including phenoxy) is 1. The number of hydrogen-bond acceptors (Lipinski definition) is 3. The fourth-order valence-corrected chi connectivity index (χ4v) is 2.37. The Bertz CT molecular complexity index is 816. The highest BCUT2D eigenvalue weighted by Crippen LogP contribution is 2.21. The molecule has 0 aliphatic carbocycles. The lowest BCUT2D eigenvalue weighted by atomic mass is 10.0. The van der Waals surface area contributed by atoms with Crippen LogP contribution in [0.5, 0.6) is 0 Å². The maximum Gasteiger partial charge on any atom is 0.339 e. The van der Waals surface area contributed by atoms with E-state index in [-0.39, 0.29) is 24.1 Å². The van der Waals surface area contributed by atoms with Gasteiger partial charge in [0.15, 0.2) is 6.61 Å². The number of nitrogens with one attached hydrogen (secondary N) is 1. The van der Waals surface area contributed by atoms with E-state index in [1.807, 2.05) is 13.8 Å². The van der Waals surface area contributed by atoms with Crippen LogP contribution in [-0.2, 0) is 14.3 Å². The number of carbonyl (C=O) groups is 2. The van der Waals surface area contributed by atoms with E-state index in [1.165, 1.54) is 24.3 Å². The SMILES string of the molecule is CC[C@@H](C)NC(=O)COC(=O)/C(=C/c1ccc(Cl)cc1)c1ccc(F)cc1.